The number of hydrogen-bond donors (Lipinski definition) is 1. The van der Waals surface area contributed by atoms with Crippen LogP contribution in [0.4, 0.5) is 0 Å². The first-order valence-electron chi connectivity index (χ1n) is 3.94. The van der Waals surface area contributed by atoms with Crippen LogP contribution in [0.2, 0.25) is 0 Å². The number of nitriles is 1. The molecule has 4 heteroatoms. The van der Waals surface area contributed by atoms with Crippen molar-refractivity contribution in [3.63, 3.8) is 0 Å². The molecule has 0 aliphatic rings. The van der Waals surface area contributed by atoms with Crippen LogP contribution >= 0.6 is 0 Å². The van der Waals surface area contributed by atoms with Gasteiger partial charge in [-0.2, -0.15) is 5.26 Å². The summed E-state index contributed by atoms with van der Waals surface area (Å²) in [6, 6.07) is 1.97. The zero-order valence-corrected chi connectivity index (χ0v) is 7.29. The summed E-state index contributed by atoms with van der Waals surface area (Å²) in [5.41, 5.74) is 0. The highest BCUT2D eigenvalue weighted by Gasteiger charge is 2.06. The topological polar surface area (TPSA) is 64.3 Å². The third-order valence-electron chi connectivity index (χ3n) is 1.53. The molecule has 1 N–H and O–H groups in total. The minimum absolute atomic E-state index is 0.0145. The van der Waals surface area contributed by atoms with Gasteiger partial charge in [0, 0.05) is 26.6 Å². The fraction of sp³-hybridized carbons (Fsp3) is 0.750. The van der Waals surface area contributed by atoms with Crippen molar-refractivity contribution in [2.75, 3.05) is 20.2 Å². The number of nitrogens with zero attached hydrogens (tertiary/aromatic N) is 2. The molecular weight excluding hydrogens is 156 g/mol. The van der Waals surface area contributed by atoms with E-state index in [9.17, 15) is 4.79 Å². The summed E-state index contributed by atoms with van der Waals surface area (Å²) in [7, 11) is 1.66. The van der Waals surface area contributed by atoms with E-state index in [0.29, 0.717) is 25.8 Å². The summed E-state index contributed by atoms with van der Waals surface area (Å²) in [4.78, 5) is 12.6. The second kappa shape index (κ2) is 6.62. The number of carbonyl (C=O) groups is 1. The maximum atomic E-state index is 11.1. The maximum Gasteiger partial charge on any atom is 0.222 e. The molecule has 0 saturated carbocycles. The molecule has 0 rings (SSSR count). The zero-order valence-electron chi connectivity index (χ0n) is 7.29. The molecule has 0 aromatic rings. The molecule has 1 amide bonds. The molecular formula is C8H14N2O2. The van der Waals surface area contributed by atoms with Crippen molar-refractivity contribution in [2.24, 2.45) is 0 Å². The Labute approximate surface area is 72.4 Å². The summed E-state index contributed by atoms with van der Waals surface area (Å²) in [6.07, 6.45) is 1.22. The van der Waals surface area contributed by atoms with Crippen LogP contribution in [0, 0.1) is 11.3 Å². The highest BCUT2D eigenvalue weighted by Crippen LogP contribution is 1.95. The lowest BCUT2D eigenvalue weighted by atomic mass is 10.3. The van der Waals surface area contributed by atoms with Gasteiger partial charge in [-0.3, -0.25) is 4.79 Å². The Morgan fingerprint density at radius 1 is 1.67 bits per heavy atom. The highest BCUT2D eigenvalue weighted by molar-refractivity contribution is 5.75. The molecule has 0 aromatic heterocycles. The van der Waals surface area contributed by atoms with Crippen molar-refractivity contribution < 1.29 is 9.90 Å². The van der Waals surface area contributed by atoms with Gasteiger partial charge in [-0.1, -0.05) is 0 Å². The normalized spacial score (nSPS) is 9.08. The number of aliphatic hydroxyl groups is 1. The van der Waals surface area contributed by atoms with Crippen LogP contribution in [0.1, 0.15) is 19.3 Å². The molecule has 68 valence electrons. The van der Waals surface area contributed by atoms with E-state index in [1.807, 2.05) is 6.07 Å². The fourth-order valence-electron chi connectivity index (χ4n) is 0.764. The predicted molar refractivity (Wildman–Crippen MR) is 44.2 cm³/mol. The summed E-state index contributed by atoms with van der Waals surface area (Å²) in [5, 5.41) is 16.7. The van der Waals surface area contributed by atoms with E-state index in [0.717, 1.165) is 0 Å². The highest BCUT2D eigenvalue weighted by atomic mass is 16.3. The number of carbonyl (C=O) groups excluding carboxylic acids is 1. The molecule has 0 atom stereocenters. The lowest BCUT2D eigenvalue weighted by molar-refractivity contribution is -0.130. The van der Waals surface area contributed by atoms with E-state index in [2.05, 4.69) is 0 Å². The molecule has 0 bridgehead atoms. The molecule has 0 aromatic carbocycles. The Morgan fingerprint density at radius 3 is 2.83 bits per heavy atom. The van der Waals surface area contributed by atoms with E-state index in [1.54, 1.807) is 7.05 Å². The smallest absolute Gasteiger partial charge is 0.222 e. The van der Waals surface area contributed by atoms with Crippen molar-refractivity contribution in [1.29, 1.82) is 5.26 Å². The van der Waals surface area contributed by atoms with E-state index in [4.69, 9.17) is 10.4 Å². The molecule has 0 fully saturated rings. The molecule has 12 heavy (non-hydrogen) atoms. The third-order valence-corrected chi connectivity index (χ3v) is 1.53. The summed E-state index contributed by atoms with van der Waals surface area (Å²) >= 11 is 0. The van der Waals surface area contributed by atoms with Gasteiger partial charge < -0.3 is 10.0 Å². The minimum Gasteiger partial charge on any atom is -0.396 e. The van der Waals surface area contributed by atoms with Crippen LogP contribution in [0.5, 0.6) is 0 Å². The van der Waals surface area contributed by atoms with E-state index >= 15 is 0 Å². The van der Waals surface area contributed by atoms with Crippen LogP contribution in [-0.2, 0) is 4.79 Å². The molecule has 0 aliphatic carbocycles. The summed E-state index contributed by atoms with van der Waals surface area (Å²) in [5.74, 6) is -0.0145. The van der Waals surface area contributed by atoms with Crippen molar-refractivity contribution in [3.8, 4) is 6.07 Å². The Kier molecular flexibility index (Phi) is 6.02. The van der Waals surface area contributed by atoms with Gasteiger partial charge in [-0.15, -0.1) is 0 Å². The van der Waals surface area contributed by atoms with Crippen molar-refractivity contribution in [3.05, 3.63) is 0 Å². The molecule has 4 nitrogen and oxygen atoms in total. The van der Waals surface area contributed by atoms with Gasteiger partial charge in [0.15, 0.2) is 0 Å². The van der Waals surface area contributed by atoms with Crippen molar-refractivity contribution in [2.45, 2.75) is 19.3 Å². The second-order valence-electron chi connectivity index (χ2n) is 2.55. The van der Waals surface area contributed by atoms with Gasteiger partial charge in [0.25, 0.3) is 0 Å². The summed E-state index contributed by atoms with van der Waals surface area (Å²) in [6.45, 7) is 0.512. The Bertz CT molecular complexity index is 174. The van der Waals surface area contributed by atoms with E-state index < -0.39 is 0 Å². The van der Waals surface area contributed by atoms with Gasteiger partial charge in [0.1, 0.15) is 0 Å². The average molecular weight is 170 g/mol. The van der Waals surface area contributed by atoms with Crippen LogP contribution in [0.15, 0.2) is 0 Å². The van der Waals surface area contributed by atoms with Gasteiger partial charge in [0.05, 0.1) is 12.5 Å². The Morgan fingerprint density at radius 2 is 2.33 bits per heavy atom. The van der Waals surface area contributed by atoms with Crippen LogP contribution in [0.25, 0.3) is 0 Å². The first-order chi connectivity index (χ1) is 5.72. The zero-order chi connectivity index (χ0) is 9.40. The quantitative estimate of drug-likeness (QED) is 0.638. The van der Waals surface area contributed by atoms with Crippen molar-refractivity contribution >= 4 is 5.91 Å². The predicted octanol–water partition coefficient (Wildman–Crippen LogP) is 0.131. The minimum atomic E-state index is -0.0145. The summed E-state index contributed by atoms with van der Waals surface area (Å²) < 4.78 is 0. The molecule has 0 saturated heterocycles. The number of aliphatic hydroxyl groups excluding tert-OH is 1. The molecule has 0 unspecified atom stereocenters. The first kappa shape index (κ1) is 10.9. The van der Waals surface area contributed by atoms with Gasteiger partial charge in [-0.05, 0) is 6.42 Å². The Balaban J connectivity index is 3.55. The average Bonchev–Trinajstić information content (AvgIpc) is 2.10. The lowest BCUT2D eigenvalue weighted by Crippen LogP contribution is -2.27. The molecule has 0 heterocycles. The first-order valence-corrected chi connectivity index (χ1v) is 3.94. The SMILES string of the molecule is CN(CCC#N)C(=O)CCCO. The standard InChI is InChI=1S/C8H14N2O2/c1-10(6-3-5-9)8(12)4-2-7-11/h11H,2-4,6-7H2,1H3. The maximum absolute atomic E-state index is 11.1. The molecule has 0 spiro atoms. The number of amides is 1. The molecule has 0 radical (unpaired) electrons. The third kappa shape index (κ3) is 4.69. The second-order valence-corrected chi connectivity index (χ2v) is 2.55. The van der Waals surface area contributed by atoms with Gasteiger partial charge in [-0.25, -0.2) is 0 Å². The van der Waals surface area contributed by atoms with Crippen molar-refractivity contribution in [1.82, 2.24) is 4.90 Å². The van der Waals surface area contributed by atoms with Crippen LogP contribution in [0.3, 0.4) is 0 Å². The largest absolute Gasteiger partial charge is 0.396 e. The number of hydrogen-bond acceptors (Lipinski definition) is 3. The van der Waals surface area contributed by atoms with Gasteiger partial charge >= 0.3 is 0 Å². The van der Waals surface area contributed by atoms with Crippen LogP contribution in [-0.4, -0.2) is 36.1 Å². The number of rotatable bonds is 5. The van der Waals surface area contributed by atoms with E-state index in [1.165, 1.54) is 4.90 Å². The lowest BCUT2D eigenvalue weighted by Gasteiger charge is -2.14. The monoisotopic (exact) mass is 170 g/mol. The van der Waals surface area contributed by atoms with Gasteiger partial charge in [0.2, 0.25) is 5.91 Å². The Hall–Kier alpha value is -1.08. The molecule has 0 aliphatic heterocycles. The van der Waals surface area contributed by atoms with E-state index in [-0.39, 0.29) is 12.5 Å². The fourth-order valence-corrected chi connectivity index (χ4v) is 0.764. The van der Waals surface area contributed by atoms with Crippen LogP contribution < -0.4 is 0 Å².